The molecule has 0 amide bonds. The fourth-order valence-corrected chi connectivity index (χ4v) is 3.90. The van der Waals surface area contributed by atoms with Crippen LogP contribution in [-0.4, -0.2) is 15.5 Å². The van der Waals surface area contributed by atoms with Gasteiger partial charge in [0, 0.05) is 5.56 Å². The first-order valence-electron chi connectivity index (χ1n) is 8.82. The lowest BCUT2D eigenvalue weighted by Gasteiger charge is -2.14. The third-order valence-electron chi connectivity index (χ3n) is 4.20. The first kappa shape index (κ1) is 20.2. The van der Waals surface area contributed by atoms with E-state index in [4.69, 9.17) is 9.47 Å². The van der Waals surface area contributed by atoms with Gasteiger partial charge in [0.05, 0.1) is 12.0 Å². The standard InChI is InChI=1S/C23H19NO4S/c1-27-22-14-8-11-19(23(22)28-17-18-9-4-2-5-10-18)15-21(16-24)29(25,26)20-12-6-3-7-13-20/h2-15H,17H2,1H3/b21-15-. The van der Waals surface area contributed by atoms with Crippen molar-refractivity contribution in [1.82, 2.24) is 0 Å². The number of methoxy groups -OCH3 is 1. The molecule has 0 aliphatic carbocycles. The zero-order valence-electron chi connectivity index (χ0n) is 15.8. The number of ether oxygens (including phenoxy) is 2. The summed E-state index contributed by atoms with van der Waals surface area (Å²) in [7, 11) is -2.45. The largest absolute Gasteiger partial charge is 0.493 e. The second-order valence-electron chi connectivity index (χ2n) is 6.09. The van der Waals surface area contributed by atoms with Gasteiger partial charge < -0.3 is 9.47 Å². The van der Waals surface area contributed by atoms with Gasteiger partial charge in [-0.15, -0.1) is 0 Å². The van der Waals surface area contributed by atoms with Crippen LogP contribution < -0.4 is 9.47 Å². The molecule has 146 valence electrons. The molecule has 0 N–H and O–H groups in total. The predicted octanol–water partition coefficient (Wildman–Crippen LogP) is 4.61. The Kier molecular flexibility index (Phi) is 6.32. The minimum absolute atomic E-state index is 0.0578. The molecule has 3 aromatic rings. The van der Waals surface area contributed by atoms with Gasteiger partial charge in [-0.2, -0.15) is 5.26 Å². The molecule has 0 heterocycles. The SMILES string of the molecule is COc1cccc(/C=C(/C#N)S(=O)(=O)c2ccccc2)c1OCc1ccccc1. The number of hydrogen-bond donors (Lipinski definition) is 0. The molecule has 0 aromatic heterocycles. The molecule has 0 saturated carbocycles. The van der Waals surface area contributed by atoms with E-state index in [9.17, 15) is 13.7 Å². The monoisotopic (exact) mass is 405 g/mol. The summed E-state index contributed by atoms with van der Waals surface area (Å²) in [6, 6.07) is 24.3. The molecular formula is C23H19NO4S. The van der Waals surface area contributed by atoms with E-state index in [1.54, 1.807) is 42.5 Å². The zero-order valence-corrected chi connectivity index (χ0v) is 16.6. The Morgan fingerprint density at radius 1 is 0.966 bits per heavy atom. The highest BCUT2D eigenvalue weighted by atomic mass is 32.2. The summed E-state index contributed by atoms with van der Waals surface area (Å²) in [5.41, 5.74) is 1.39. The average molecular weight is 405 g/mol. The van der Waals surface area contributed by atoms with Crippen molar-refractivity contribution in [3.63, 3.8) is 0 Å². The van der Waals surface area contributed by atoms with Crippen molar-refractivity contribution in [2.24, 2.45) is 0 Å². The molecule has 6 heteroatoms. The summed E-state index contributed by atoms with van der Waals surface area (Å²) >= 11 is 0. The molecule has 3 rings (SSSR count). The molecule has 0 radical (unpaired) electrons. The number of benzene rings is 3. The fourth-order valence-electron chi connectivity index (χ4n) is 2.73. The molecule has 0 aliphatic heterocycles. The lowest BCUT2D eigenvalue weighted by molar-refractivity contribution is 0.284. The molecule has 0 unspecified atom stereocenters. The summed E-state index contributed by atoms with van der Waals surface area (Å²) in [5.74, 6) is 0.818. The van der Waals surface area contributed by atoms with Crippen LogP contribution in [0.25, 0.3) is 6.08 Å². The first-order valence-corrected chi connectivity index (χ1v) is 10.3. The summed E-state index contributed by atoms with van der Waals surface area (Å²) in [6.45, 7) is 0.273. The van der Waals surface area contributed by atoms with Crippen LogP contribution in [0.4, 0.5) is 0 Å². The van der Waals surface area contributed by atoms with Crippen LogP contribution in [0.3, 0.4) is 0 Å². The lowest BCUT2D eigenvalue weighted by atomic mass is 10.1. The van der Waals surface area contributed by atoms with Crippen LogP contribution in [0.1, 0.15) is 11.1 Å². The third-order valence-corrected chi connectivity index (χ3v) is 5.88. The van der Waals surface area contributed by atoms with Gasteiger partial charge >= 0.3 is 0 Å². The van der Waals surface area contributed by atoms with Crippen LogP contribution in [0, 0.1) is 11.3 Å². The summed E-state index contributed by atoms with van der Waals surface area (Å²) in [4.78, 5) is -0.316. The van der Waals surface area contributed by atoms with Crippen LogP contribution in [0.2, 0.25) is 0 Å². The van der Waals surface area contributed by atoms with Gasteiger partial charge in [0.1, 0.15) is 17.6 Å². The molecule has 0 spiro atoms. The maximum Gasteiger partial charge on any atom is 0.216 e. The molecule has 0 aliphatic rings. The number of allylic oxidation sites excluding steroid dienone is 1. The number of nitriles is 1. The predicted molar refractivity (Wildman–Crippen MR) is 111 cm³/mol. The van der Waals surface area contributed by atoms with Gasteiger partial charge in [0.15, 0.2) is 11.5 Å². The third kappa shape index (κ3) is 4.65. The highest BCUT2D eigenvalue weighted by Crippen LogP contribution is 2.34. The first-order chi connectivity index (χ1) is 14.1. The minimum Gasteiger partial charge on any atom is -0.493 e. The van der Waals surface area contributed by atoms with Crippen molar-refractivity contribution in [3.8, 4) is 17.6 Å². The van der Waals surface area contributed by atoms with Gasteiger partial charge in [0.25, 0.3) is 0 Å². The maximum atomic E-state index is 12.9. The Bertz CT molecular complexity index is 1150. The van der Waals surface area contributed by atoms with Crippen LogP contribution >= 0.6 is 0 Å². The van der Waals surface area contributed by atoms with Crippen molar-refractivity contribution in [2.75, 3.05) is 7.11 Å². The summed E-state index contributed by atoms with van der Waals surface area (Å²) in [6.07, 6.45) is 1.31. The van der Waals surface area contributed by atoms with E-state index in [0.717, 1.165) is 5.56 Å². The van der Waals surface area contributed by atoms with E-state index in [1.807, 2.05) is 30.3 Å². The van der Waals surface area contributed by atoms with E-state index in [2.05, 4.69) is 0 Å². The normalized spacial score (nSPS) is 11.5. The molecular weight excluding hydrogens is 386 g/mol. The lowest BCUT2D eigenvalue weighted by Crippen LogP contribution is -2.04. The minimum atomic E-state index is -3.95. The van der Waals surface area contributed by atoms with Crippen molar-refractivity contribution in [3.05, 3.63) is 94.9 Å². The number of para-hydroxylation sites is 1. The topological polar surface area (TPSA) is 76.4 Å². The van der Waals surface area contributed by atoms with Gasteiger partial charge in [0.2, 0.25) is 9.84 Å². The van der Waals surface area contributed by atoms with Gasteiger partial charge in [-0.1, -0.05) is 60.7 Å². The van der Waals surface area contributed by atoms with Crippen molar-refractivity contribution in [1.29, 1.82) is 5.26 Å². The Morgan fingerprint density at radius 3 is 2.24 bits per heavy atom. The van der Waals surface area contributed by atoms with Gasteiger partial charge in [-0.3, -0.25) is 0 Å². The van der Waals surface area contributed by atoms with Crippen LogP contribution in [0.15, 0.2) is 88.7 Å². The Hall–Kier alpha value is -3.56. The van der Waals surface area contributed by atoms with E-state index < -0.39 is 9.84 Å². The molecule has 0 saturated heterocycles. The smallest absolute Gasteiger partial charge is 0.216 e. The highest BCUT2D eigenvalue weighted by molar-refractivity contribution is 7.95. The average Bonchev–Trinajstić information content (AvgIpc) is 2.77. The summed E-state index contributed by atoms with van der Waals surface area (Å²) < 4.78 is 37.0. The van der Waals surface area contributed by atoms with E-state index in [0.29, 0.717) is 17.1 Å². The second-order valence-corrected chi connectivity index (χ2v) is 8.01. The van der Waals surface area contributed by atoms with Gasteiger partial charge in [-0.05, 0) is 29.8 Å². The van der Waals surface area contributed by atoms with E-state index in [1.165, 1.54) is 25.3 Å². The van der Waals surface area contributed by atoms with E-state index in [-0.39, 0.29) is 16.4 Å². The molecule has 0 atom stereocenters. The molecule has 29 heavy (non-hydrogen) atoms. The molecule has 3 aromatic carbocycles. The number of nitrogens with zero attached hydrogens (tertiary/aromatic N) is 1. The van der Waals surface area contributed by atoms with Crippen LogP contribution in [0.5, 0.6) is 11.5 Å². The Morgan fingerprint density at radius 2 is 1.62 bits per heavy atom. The van der Waals surface area contributed by atoms with E-state index >= 15 is 0 Å². The Labute approximate surface area is 170 Å². The van der Waals surface area contributed by atoms with Crippen molar-refractivity contribution >= 4 is 15.9 Å². The maximum absolute atomic E-state index is 12.9. The Balaban J connectivity index is 2.02. The highest BCUT2D eigenvalue weighted by Gasteiger charge is 2.21. The molecule has 0 fully saturated rings. The van der Waals surface area contributed by atoms with Crippen molar-refractivity contribution < 1.29 is 17.9 Å². The fraction of sp³-hybridized carbons (Fsp3) is 0.0870. The zero-order chi connectivity index (χ0) is 20.7. The quantitative estimate of drug-likeness (QED) is 0.537. The summed E-state index contributed by atoms with van der Waals surface area (Å²) in [5, 5.41) is 9.54. The number of sulfone groups is 1. The molecule has 0 bridgehead atoms. The second kappa shape index (κ2) is 9.09. The van der Waals surface area contributed by atoms with Gasteiger partial charge in [-0.25, -0.2) is 8.42 Å². The van der Waals surface area contributed by atoms with Crippen molar-refractivity contribution in [2.45, 2.75) is 11.5 Å². The molecule has 5 nitrogen and oxygen atoms in total. The van der Waals surface area contributed by atoms with Crippen LogP contribution in [-0.2, 0) is 16.4 Å². The number of hydrogen-bond acceptors (Lipinski definition) is 5. The number of rotatable bonds is 7.